The fraction of sp³-hybridized carbons (Fsp3) is 0.400. The Labute approximate surface area is 158 Å². The van der Waals surface area contributed by atoms with Gasteiger partial charge in [-0.25, -0.2) is 4.39 Å². The quantitative estimate of drug-likeness (QED) is 0.825. The number of rotatable bonds is 4. The lowest BCUT2D eigenvalue weighted by Gasteiger charge is -2.34. The predicted octanol–water partition coefficient (Wildman–Crippen LogP) is 2.14. The monoisotopic (exact) mass is 373 g/mol. The normalized spacial score (nSPS) is 14.4. The third kappa shape index (κ3) is 4.13. The molecule has 0 N–H and O–H groups in total. The first-order valence-corrected chi connectivity index (χ1v) is 8.95. The van der Waals surface area contributed by atoms with Crippen LogP contribution in [-0.4, -0.2) is 59.0 Å². The summed E-state index contributed by atoms with van der Waals surface area (Å²) in [7, 11) is 1.94. The van der Waals surface area contributed by atoms with Crippen LogP contribution in [0.25, 0.3) is 0 Å². The Hall–Kier alpha value is -2.83. The minimum absolute atomic E-state index is 0.00543. The fourth-order valence-electron chi connectivity index (χ4n) is 3.17. The average Bonchev–Trinajstić information content (AvgIpc) is 2.94. The topological polar surface area (TPSA) is 54.8 Å². The van der Waals surface area contributed by atoms with Gasteiger partial charge in [-0.15, -0.1) is 0 Å². The summed E-state index contributed by atoms with van der Waals surface area (Å²) in [5.41, 5.74) is 2.71. The molecule has 0 atom stereocenters. The van der Waals surface area contributed by atoms with Crippen LogP contribution in [0.1, 0.15) is 21.7 Å². The SMILES string of the molecule is Cc1cc(C(=O)N2CCN(C(=O)COc3ccc(F)cc3)CC2)c(C)n1C. The minimum atomic E-state index is -0.349. The largest absolute Gasteiger partial charge is 0.484 e. The lowest BCUT2D eigenvalue weighted by molar-refractivity contribution is -0.134. The molecule has 0 bridgehead atoms. The van der Waals surface area contributed by atoms with E-state index in [-0.39, 0.29) is 24.2 Å². The van der Waals surface area contributed by atoms with Crippen LogP contribution in [0.15, 0.2) is 30.3 Å². The van der Waals surface area contributed by atoms with Gasteiger partial charge in [0, 0.05) is 44.6 Å². The Morgan fingerprint density at radius 3 is 2.19 bits per heavy atom. The van der Waals surface area contributed by atoms with Crippen LogP contribution in [0.3, 0.4) is 0 Å². The number of aromatic nitrogens is 1. The van der Waals surface area contributed by atoms with Gasteiger partial charge in [-0.2, -0.15) is 0 Å². The van der Waals surface area contributed by atoms with Gasteiger partial charge in [0.05, 0.1) is 5.56 Å². The maximum Gasteiger partial charge on any atom is 0.260 e. The van der Waals surface area contributed by atoms with E-state index >= 15 is 0 Å². The van der Waals surface area contributed by atoms with Gasteiger partial charge in [0.1, 0.15) is 11.6 Å². The van der Waals surface area contributed by atoms with Gasteiger partial charge in [-0.05, 0) is 44.2 Å². The number of carbonyl (C=O) groups excluding carboxylic acids is 2. The second-order valence-corrected chi connectivity index (χ2v) is 6.76. The number of amides is 2. The zero-order chi connectivity index (χ0) is 19.6. The first-order chi connectivity index (χ1) is 12.9. The molecule has 1 saturated heterocycles. The highest BCUT2D eigenvalue weighted by Crippen LogP contribution is 2.17. The summed E-state index contributed by atoms with van der Waals surface area (Å²) >= 11 is 0. The molecule has 2 amide bonds. The molecule has 0 radical (unpaired) electrons. The number of ether oxygens (including phenoxy) is 1. The van der Waals surface area contributed by atoms with Crippen LogP contribution in [-0.2, 0) is 11.8 Å². The van der Waals surface area contributed by atoms with Gasteiger partial charge >= 0.3 is 0 Å². The van der Waals surface area contributed by atoms with Gasteiger partial charge in [-0.1, -0.05) is 0 Å². The molecule has 0 aliphatic carbocycles. The standard InChI is InChI=1S/C20H24FN3O3/c1-14-12-18(15(2)22(14)3)20(26)24-10-8-23(9-11-24)19(25)13-27-17-6-4-16(21)5-7-17/h4-7,12H,8-11,13H2,1-3H3. The van der Waals surface area contributed by atoms with Crippen molar-refractivity contribution in [2.45, 2.75) is 13.8 Å². The zero-order valence-corrected chi connectivity index (χ0v) is 15.9. The molecule has 0 saturated carbocycles. The van der Waals surface area contributed by atoms with Crippen LogP contribution in [0.5, 0.6) is 5.75 Å². The van der Waals surface area contributed by atoms with Crippen molar-refractivity contribution in [1.82, 2.24) is 14.4 Å². The summed E-state index contributed by atoms with van der Waals surface area (Å²) in [4.78, 5) is 28.5. The van der Waals surface area contributed by atoms with Crippen molar-refractivity contribution in [3.8, 4) is 5.75 Å². The number of aryl methyl sites for hydroxylation is 1. The molecule has 0 unspecified atom stereocenters. The van der Waals surface area contributed by atoms with Crippen molar-refractivity contribution in [1.29, 1.82) is 0 Å². The van der Waals surface area contributed by atoms with E-state index in [0.717, 1.165) is 17.0 Å². The molecule has 1 aromatic carbocycles. The summed E-state index contributed by atoms with van der Waals surface area (Å²) < 4.78 is 20.3. The summed E-state index contributed by atoms with van der Waals surface area (Å²) in [6.45, 7) is 5.75. The Bertz CT molecular complexity index is 837. The van der Waals surface area contributed by atoms with Gasteiger partial charge in [0.15, 0.2) is 6.61 Å². The Kier molecular flexibility index (Phi) is 5.48. The Morgan fingerprint density at radius 2 is 1.63 bits per heavy atom. The van der Waals surface area contributed by atoms with E-state index < -0.39 is 0 Å². The molecule has 1 fully saturated rings. The van der Waals surface area contributed by atoms with Gasteiger partial charge in [0.25, 0.3) is 11.8 Å². The van der Waals surface area contributed by atoms with Crippen molar-refractivity contribution in [2.75, 3.05) is 32.8 Å². The van der Waals surface area contributed by atoms with E-state index in [1.165, 1.54) is 24.3 Å². The highest BCUT2D eigenvalue weighted by Gasteiger charge is 2.26. The molecular formula is C20H24FN3O3. The van der Waals surface area contributed by atoms with Crippen molar-refractivity contribution >= 4 is 11.8 Å². The summed E-state index contributed by atoms with van der Waals surface area (Å²) in [6, 6.07) is 7.47. The van der Waals surface area contributed by atoms with E-state index in [1.54, 1.807) is 9.80 Å². The first kappa shape index (κ1) is 18.9. The third-order valence-electron chi connectivity index (χ3n) is 5.10. The van der Waals surface area contributed by atoms with Crippen LogP contribution in [0.4, 0.5) is 4.39 Å². The Morgan fingerprint density at radius 1 is 1.04 bits per heavy atom. The van der Waals surface area contributed by atoms with Crippen molar-refractivity contribution in [2.24, 2.45) is 7.05 Å². The molecule has 2 heterocycles. The molecule has 1 aliphatic rings. The average molecular weight is 373 g/mol. The van der Waals surface area contributed by atoms with E-state index in [0.29, 0.717) is 31.9 Å². The molecule has 1 aliphatic heterocycles. The first-order valence-electron chi connectivity index (χ1n) is 8.95. The van der Waals surface area contributed by atoms with Crippen LogP contribution < -0.4 is 4.74 Å². The molecule has 1 aromatic heterocycles. The predicted molar refractivity (Wildman–Crippen MR) is 99.3 cm³/mol. The second kappa shape index (κ2) is 7.82. The van der Waals surface area contributed by atoms with Crippen molar-refractivity contribution < 1.29 is 18.7 Å². The Balaban J connectivity index is 1.52. The number of carbonyl (C=O) groups is 2. The molecular weight excluding hydrogens is 349 g/mol. The lowest BCUT2D eigenvalue weighted by Crippen LogP contribution is -2.51. The van der Waals surface area contributed by atoms with Crippen molar-refractivity contribution in [3.05, 3.63) is 53.1 Å². The van der Waals surface area contributed by atoms with Crippen LogP contribution in [0.2, 0.25) is 0 Å². The zero-order valence-electron chi connectivity index (χ0n) is 15.9. The number of nitrogens with zero attached hydrogens (tertiary/aromatic N) is 3. The van der Waals surface area contributed by atoms with Gasteiger partial charge in [-0.3, -0.25) is 9.59 Å². The number of hydrogen-bond donors (Lipinski definition) is 0. The number of hydrogen-bond acceptors (Lipinski definition) is 3. The summed E-state index contributed by atoms with van der Waals surface area (Å²) in [5.74, 6) is -0.0316. The molecule has 144 valence electrons. The molecule has 6 nitrogen and oxygen atoms in total. The van der Waals surface area contributed by atoms with E-state index in [1.807, 2.05) is 31.5 Å². The fourth-order valence-corrected chi connectivity index (χ4v) is 3.17. The third-order valence-corrected chi connectivity index (χ3v) is 5.10. The maximum atomic E-state index is 12.9. The van der Waals surface area contributed by atoms with E-state index in [9.17, 15) is 14.0 Å². The maximum absolute atomic E-state index is 12.9. The molecule has 7 heteroatoms. The van der Waals surface area contributed by atoms with Crippen LogP contribution >= 0.6 is 0 Å². The molecule has 0 spiro atoms. The van der Waals surface area contributed by atoms with E-state index in [2.05, 4.69) is 0 Å². The second-order valence-electron chi connectivity index (χ2n) is 6.76. The lowest BCUT2D eigenvalue weighted by atomic mass is 10.2. The van der Waals surface area contributed by atoms with Gasteiger partial charge in [0.2, 0.25) is 0 Å². The smallest absolute Gasteiger partial charge is 0.260 e. The number of halogens is 1. The van der Waals surface area contributed by atoms with E-state index in [4.69, 9.17) is 4.74 Å². The van der Waals surface area contributed by atoms with Crippen LogP contribution in [0, 0.1) is 19.7 Å². The summed E-state index contributed by atoms with van der Waals surface area (Å²) in [6.07, 6.45) is 0. The summed E-state index contributed by atoms with van der Waals surface area (Å²) in [5, 5.41) is 0. The highest BCUT2D eigenvalue weighted by atomic mass is 19.1. The van der Waals surface area contributed by atoms with Crippen molar-refractivity contribution in [3.63, 3.8) is 0 Å². The number of piperazine rings is 1. The molecule has 27 heavy (non-hydrogen) atoms. The van der Waals surface area contributed by atoms with Gasteiger partial charge < -0.3 is 19.1 Å². The highest BCUT2D eigenvalue weighted by molar-refractivity contribution is 5.96. The minimum Gasteiger partial charge on any atom is -0.484 e. The number of benzene rings is 1. The molecule has 3 rings (SSSR count). The molecule has 2 aromatic rings.